The molecule has 0 radical (unpaired) electrons. The summed E-state index contributed by atoms with van der Waals surface area (Å²) in [6, 6.07) is -0.487. The maximum atomic E-state index is 11.7. The first-order valence-corrected chi connectivity index (χ1v) is 6.28. The summed E-state index contributed by atoms with van der Waals surface area (Å²) >= 11 is 1.39. The second kappa shape index (κ2) is 5.91. The van der Waals surface area contributed by atoms with Crippen molar-refractivity contribution in [1.29, 1.82) is 0 Å². The molecule has 90 valence electrons. The third-order valence-corrected chi connectivity index (χ3v) is 3.54. The SMILES string of the molecule is CCc1nnc(NC(=O)C(N)C(C)CC)s1. The van der Waals surface area contributed by atoms with E-state index >= 15 is 0 Å². The summed E-state index contributed by atoms with van der Waals surface area (Å²) in [5.74, 6) is -0.0216. The number of carbonyl (C=O) groups excluding carboxylic acids is 1. The molecule has 1 amide bonds. The summed E-state index contributed by atoms with van der Waals surface area (Å²) in [7, 11) is 0. The molecule has 0 fully saturated rings. The van der Waals surface area contributed by atoms with Crippen LogP contribution in [0.3, 0.4) is 0 Å². The van der Waals surface area contributed by atoms with Gasteiger partial charge in [-0.05, 0) is 12.3 Å². The van der Waals surface area contributed by atoms with E-state index in [0.717, 1.165) is 17.8 Å². The molecule has 0 saturated carbocycles. The summed E-state index contributed by atoms with van der Waals surface area (Å²) in [5.41, 5.74) is 5.80. The van der Waals surface area contributed by atoms with Gasteiger partial charge in [0.15, 0.2) is 0 Å². The van der Waals surface area contributed by atoms with Crippen LogP contribution in [0.1, 0.15) is 32.2 Å². The fraction of sp³-hybridized carbons (Fsp3) is 0.700. The molecule has 0 bridgehead atoms. The minimum atomic E-state index is -0.487. The van der Waals surface area contributed by atoms with Gasteiger partial charge in [0.1, 0.15) is 5.01 Å². The van der Waals surface area contributed by atoms with Crippen LogP contribution in [0.2, 0.25) is 0 Å². The zero-order valence-electron chi connectivity index (χ0n) is 9.86. The molecular weight excluding hydrogens is 224 g/mol. The van der Waals surface area contributed by atoms with Crippen molar-refractivity contribution in [2.24, 2.45) is 11.7 Å². The number of rotatable bonds is 5. The first-order valence-electron chi connectivity index (χ1n) is 5.47. The number of nitrogens with two attached hydrogens (primary N) is 1. The quantitative estimate of drug-likeness (QED) is 0.818. The van der Waals surface area contributed by atoms with Gasteiger partial charge in [0, 0.05) is 0 Å². The van der Waals surface area contributed by atoms with Crippen LogP contribution in [-0.2, 0) is 11.2 Å². The Labute approximate surface area is 99.5 Å². The summed E-state index contributed by atoms with van der Waals surface area (Å²) in [6.45, 7) is 5.97. The van der Waals surface area contributed by atoms with Crippen molar-refractivity contribution in [3.8, 4) is 0 Å². The molecule has 1 aromatic heterocycles. The van der Waals surface area contributed by atoms with Gasteiger partial charge in [0.05, 0.1) is 6.04 Å². The van der Waals surface area contributed by atoms with Gasteiger partial charge in [0.25, 0.3) is 0 Å². The van der Waals surface area contributed by atoms with Crippen molar-refractivity contribution >= 4 is 22.4 Å². The molecule has 0 aromatic carbocycles. The fourth-order valence-electron chi connectivity index (χ4n) is 1.15. The Hall–Kier alpha value is -1.01. The van der Waals surface area contributed by atoms with Crippen LogP contribution in [0.15, 0.2) is 0 Å². The first-order chi connectivity index (χ1) is 7.58. The molecule has 1 heterocycles. The predicted molar refractivity (Wildman–Crippen MR) is 65.3 cm³/mol. The summed E-state index contributed by atoms with van der Waals surface area (Å²) in [6.07, 6.45) is 1.70. The monoisotopic (exact) mass is 242 g/mol. The molecule has 1 rings (SSSR count). The van der Waals surface area contributed by atoms with Crippen LogP contribution in [0.25, 0.3) is 0 Å². The van der Waals surface area contributed by atoms with Crippen molar-refractivity contribution in [3.05, 3.63) is 5.01 Å². The average molecular weight is 242 g/mol. The van der Waals surface area contributed by atoms with Crippen molar-refractivity contribution in [2.45, 2.75) is 39.7 Å². The Balaban J connectivity index is 2.57. The minimum Gasteiger partial charge on any atom is -0.320 e. The highest BCUT2D eigenvalue weighted by atomic mass is 32.1. The van der Waals surface area contributed by atoms with Gasteiger partial charge >= 0.3 is 0 Å². The molecule has 6 heteroatoms. The van der Waals surface area contributed by atoms with Gasteiger partial charge in [-0.2, -0.15) is 0 Å². The van der Waals surface area contributed by atoms with Crippen LogP contribution < -0.4 is 11.1 Å². The molecule has 1 aromatic rings. The molecule has 16 heavy (non-hydrogen) atoms. The average Bonchev–Trinajstić information content (AvgIpc) is 2.74. The maximum Gasteiger partial charge on any atom is 0.243 e. The Morgan fingerprint density at radius 1 is 1.50 bits per heavy atom. The Morgan fingerprint density at radius 2 is 2.19 bits per heavy atom. The number of nitrogens with one attached hydrogen (secondary N) is 1. The molecule has 5 nitrogen and oxygen atoms in total. The molecular formula is C10H18N4OS. The van der Waals surface area contributed by atoms with Gasteiger partial charge in [-0.3, -0.25) is 10.1 Å². The van der Waals surface area contributed by atoms with E-state index in [1.54, 1.807) is 0 Å². The Bertz CT molecular complexity index is 352. The van der Waals surface area contributed by atoms with Crippen molar-refractivity contribution in [2.75, 3.05) is 5.32 Å². The normalized spacial score (nSPS) is 14.5. The zero-order valence-corrected chi connectivity index (χ0v) is 10.7. The number of aromatic nitrogens is 2. The van der Waals surface area contributed by atoms with E-state index in [1.807, 2.05) is 20.8 Å². The second-order valence-corrected chi connectivity index (χ2v) is 4.82. The lowest BCUT2D eigenvalue weighted by Gasteiger charge is -2.16. The summed E-state index contributed by atoms with van der Waals surface area (Å²) in [4.78, 5) is 11.7. The number of nitrogens with zero attached hydrogens (tertiary/aromatic N) is 2. The van der Waals surface area contributed by atoms with Crippen molar-refractivity contribution in [3.63, 3.8) is 0 Å². The van der Waals surface area contributed by atoms with Gasteiger partial charge in [-0.1, -0.05) is 38.5 Å². The molecule has 3 N–H and O–H groups in total. The molecule has 0 aliphatic rings. The van der Waals surface area contributed by atoms with Gasteiger partial charge in [0.2, 0.25) is 11.0 Å². The molecule has 0 spiro atoms. The highest BCUT2D eigenvalue weighted by Gasteiger charge is 2.20. The predicted octanol–water partition coefficient (Wildman–Crippen LogP) is 1.41. The number of aryl methyl sites for hydroxylation is 1. The smallest absolute Gasteiger partial charge is 0.243 e. The van der Waals surface area contributed by atoms with E-state index in [9.17, 15) is 4.79 Å². The van der Waals surface area contributed by atoms with E-state index in [1.165, 1.54) is 11.3 Å². The van der Waals surface area contributed by atoms with Crippen LogP contribution in [0.4, 0.5) is 5.13 Å². The maximum absolute atomic E-state index is 11.7. The molecule has 2 atom stereocenters. The molecule has 2 unspecified atom stereocenters. The van der Waals surface area contributed by atoms with E-state index in [4.69, 9.17) is 5.73 Å². The number of amides is 1. The van der Waals surface area contributed by atoms with Crippen LogP contribution in [-0.4, -0.2) is 22.1 Å². The van der Waals surface area contributed by atoms with Crippen LogP contribution in [0.5, 0.6) is 0 Å². The van der Waals surface area contributed by atoms with E-state index < -0.39 is 6.04 Å². The lowest BCUT2D eigenvalue weighted by Crippen LogP contribution is -2.40. The van der Waals surface area contributed by atoms with Gasteiger partial charge in [-0.25, -0.2) is 0 Å². The number of anilines is 1. The number of hydrogen-bond acceptors (Lipinski definition) is 5. The van der Waals surface area contributed by atoms with E-state index in [2.05, 4.69) is 15.5 Å². The summed E-state index contributed by atoms with van der Waals surface area (Å²) < 4.78 is 0. The standard InChI is InChI=1S/C10H18N4OS/c1-4-6(3)8(11)9(15)12-10-14-13-7(5-2)16-10/h6,8H,4-5,11H2,1-3H3,(H,12,14,15). The topological polar surface area (TPSA) is 80.9 Å². The van der Waals surface area contributed by atoms with Gasteiger partial charge < -0.3 is 5.73 Å². The lowest BCUT2D eigenvalue weighted by atomic mass is 10.00. The number of hydrogen-bond donors (Lipinski definition) is 2. The molecule has 0 saturated heterocycles. The van der Waals surface area contributed by atoms with Gasteiger partial charge in [-0.15, -0.1) is 10.2 Å². The highest BCUT2D eigenvalue weighted by molar-refractivity contribution is 7.15. The zero-order chi connectivity index (χ0) is 12.1. The molecule has 0 aliphatic heterocycles. The lowest BCUT2D eigenvalue weighted by molar-refractivity contribution is -0.118. The fourth-order valence-corrected chi connectivity index (χ4v) is 1.83. The third kappa shape index (κ3) is 3.24. The second-order valence-electron chi connectivity index (χ2n) is 3.76. The van der Waals surface area contributed by atoms with Crippen molar-refractivity contribution < 1.29 is 4.79 Å². The highest BCUT2D eigenvalue weighted by Crippen LogP contribution is 2.16. The Morgan fingerprint density at radius 3 is 2.69 bits per heavy atom. The largest absolute Gasteiger partial charge is 0.320 e. The van der Waals surface area contributed by atoms with E-state index in [0.29, 0.717) is 5.13 Å². The van der Waals surface area contributed by atoms with E-state index in [-0.39, 0.29) is 11.8 Å². The third-order valence-electron chi connectivity index (χ3n) is 2.56. The summed E-state index contributed by atoms with van der Waals surface area (Å²) in [5, 5.41) is 11.9. The number of carbonyl (C=O) groups is 1. The first kappa shape index (κ1) is 13.1. The Kier molecular flexibility index (Phi) is 4.82. The van der Waals surface area contributed by atoms with Crippen LogP contribution >= 0.6 is 11.3 Å². The van der Waals surface area contributed by atoms with Crippen LogP contribution in [0, 0.1) is 5.92 Å². The van der Waals surface area contributed by atoms with Crippen molar-refractivity contribution in [1.82, 2.24) is 10.2 Å². The molecule has 0 aliphatic carbocycles. The minimum absolute atomic E-state index is 0.165.